The van der Waals surface area contributed by atoms with Crippen LogP contribution in [-0.4, -0.2) is 49.0 Å². The number of aliphatic imine (C=N–C) groups is 1. The number of fused-ring (bicyclic) bond motifs is 2. The summed E-state index contributed by atoms with van der Waals surface area (Å²) in [6.45, 7) is 5.43. The molecule has 0 unspecified atom stereocenters. The minimum absolute atomic E-state index is 0.0618. The summed E-state index contributed by atoms with van der Waals surface area (Å²) < 4.78 is 16.1. The number of nitrogens with zero attached hydrogens (tertiary/aromatic N) is 1. The van der Waals surface area contributed by atoms with Crippen LogP contribution in [-0.2, 0) is 28.6 Å². The molecule has 0 aromatic heterocycles. The molecule has 3 rings (SSSR count). The largest absolute Gasteiger partial charge is 0.465 e. The normalized spacial score (nSPS) is 28.8. The van der Waals surface area contributed by atoms with Gasteiger partial charge in [-0.05, 0) is 32.8 Å². The molecule has 27 heavy (non-hydrogen) atoms. The van der Waals surface area contributed by atoms with Gasteiger partial charge in [0.1, 0.15) is 5.71 Å². The smallest absolute Gasteiger partial charge is 0.354 e. The monoisotopic (exact) mass is 373 g/mol. The molecule has 2 aliphatic rings. The molecule has 1 aliphatic heterocycles. The number of rotatable bonds is 7. The van der Waals surface area contributed by atoms with Gasteiger partial charge in [-0.3, -0.25) is 9.59 Å². The first-order chi connectivity index (χ1) is 13.0. The number of hydrogen-bond donors (Lipinski definition) is 0. The number of Topliss-reactive ketones (excluding diaryl/α,β-unsaturated/α-hetero) is 1. The molecule has 2 bridgehead atoms. The van der Waals surface area contributed by atoms with Crippen LogP contribution in [0.15, 0.2) is 35.3 Å². The molecular weight excluding hydrogens is 350 g/mol. The van der Waals surface area contributed by atoms with Crippen LogP contribution in [0.4, 0.5) is 0 Å². The van der Waals surface area contributed by atoms with E-state index in [2.05, 4.69) is 4.99 Å². The fourth-order valence-corrected chi connectivity index (χ4v) is 3.99. The summed E-state index contributed by atoms with van der Waals surface area (Å²) in [5.74, 6) is -2.60. The molecule has 1 aromatic rings. The first-order valence-electron chi connectivity index (χ1n) is 9.16. The molecule has 0 amide bonds. The zero-order valence-electron chi connectivity index (χ0n) is 15.7. The molecule has 0 saturated heterocycles. The molecule has 7 nitrogen and oxygen atoms in total. The molecule has 3 atom stereocenters. The van der Waals surface area contributed by atoms with Gasteiger partial charge in [-0.15, -0.1) is 0 Å². The Labute approximate surface area is 157 Å². The van der Waals surface area contributed by atoms with Crippen LogP contribution < -0.4 is 0 Å². The highest BCUT2D eigenvalue weighted by atomic mass is 16.5. The van der Waals surface area contributed by atoms with Crippen molar-refractivity contribution in [2.75, 3.05) is 19.8 Å². The lowest BCUT2D eigenvalue weighted by Gasteiger charge is -2.31. The van der Waals surface area contributed by atoms with E-state index in [-0.39, 0.29) is 32.0 Å². The molecule has 144 valence electrons. The van der Waals surface area contributed by atoms with E-state index < -0.39 is 34.8 Å². The Morgan fingerprint density at radius 2 is 1.74 bits per heavy atom. The standard InChI is InChI=1S/C20H23NO6/c1-4-25-16(22)15-19(18(24)26-5-2)12-14(13-10-8-7-9-11-13)20(21-15,17(19)23)27-6-3/h7-11,14H,4-6,12H2,1-3H3/t14-,19+,20+/m0/s1. The van der Waals surface area contributed by atoms with Gasteiger partial charge in [0, 0.05) is 12.5 Å². The molecule has 7 heteroatoms. The molecule has 0 N–H and O–H groups in total. The fraction of sp³-hybridized carbons (Fsp3) is 0.500. The molecule has 1 heterocycles. The highest BCUT2D eigenvalue weighted by Gasteiger charge is 2.76. The zero-order valence-corrected chi connectivity index (χ0v) is 15.7. The average molecular weight is 373 g/mol. The summed E-state index contributed by atoms with van der Waals surface area (Å²) in [5.41, 5.74) is -2.81. The van der Waals surface area contributed by atoms with Crippen molar-refractivity contribution in [3.05, 3.63) is 35.9 Å². The number of carbonyl (C=O) groups excluding carboxylic acids is 3. The first-order valence-corrected chi connectivity index (χ1v) is 9.16. The lowest BCUT2D eigenvalue weighted by atomic mass is 9.78. The Balaban J connectivity index is 2.18. The molecule has 1 saturated carbocycles. The third-order valence-electron chi connectivity index (χ3n) is 5.04. The Kier molecular flexibility index (Phi) is 5.15. The van der Waals surface area contributed by atoms with Crippen molar-refractivity contribution in [1.29, 1.82) is 0 Å². The summed E-state index contributed by atoms with van der Waals surface area (Å²) in [6, 6.07) is 9.27. The van der Waals surface area contributed by atoms with Crippen molar-refractivity contribution in [1.82, 2.24) is 0 Å². The van der Waals surface area contributed by atoms with Crippen LogP contribution in [0.3, 0.4) is 0 Å². The molecule has 0 spiro atoms. The number of hydrogen-bond acceptors (Lipinski definition) is 7. The van der Waals surface area contributed by atoms with Crippen LogP contribution in [0, 0.1) is 5.41 Å². The lowest BCUT2D eigenvalue weighted by molar-refractivity contribution is -0.158. The maximum absolute atomic E-state index is 13.5. The van der Waals surface area contributed by atoms with Crippen molar-refractivity contribution in [3.63, 3.8) is 0 Å². The number of carbonyl (C=O) groups is 3. The molecular formula is C20H23NO6. The van der Waals surface area contributed by atoms with Crippen LogP contribution in [0.2, 0.25) is 0 Å². The Bertz CT molecular complexity index is 789. The summed E-state index contributed by atoms with van der Waals surface area (Å²) in [5, 5.41) is 0. The quantitative estimate of drug-likeness (QED) is 0.537. The van der Waals surface area contributed by atoms with Gasteiger partial charge < -0.3 is 14.2 Å². The fourth-order valence-electron chi connectivity index (χ4n) is 3.99. The van der Waals surface area contributed by atoms with Crippen molar-refractivity contribution >= 4 is 23.4 Å². The summed E-state index contributed by atoms with van der Waals surface area (Å²) in [4.78, 5) is 43.3. The van der Waals surface area contributed by atoms with E-state index in [1.807, 2.05) is 30.3 Å². The van der Waals surface area contributed by atoms with Gasteiger partial charge >= 0.3 is 11.9 Å². The average Bonchev–Trinajstić information content (AvgIpc) is 3.07. The van der Waals surface area contributed by atoms with Gasteiger partial charge in [0.05, 0.1) is 13.2 Å². The van der Waals surface area contributed by atoms with Gasteiger partial charge in [0.15, 0.2) is 5.41 Å². The van der Waals surface area contributed by atoms with E-state index >= 15 is 0 Å². The van der Waals surface area contributed by atoms with E-state index in [9.17, 15) is 14.4 Å². The van der Waals surface area contributed by atoms with Gasteiger partial charge in [0.2, 0.25) is 11.5 Å². The predicted molar refractivity (Wildman–Crippen MR) is 96.3 cm³/mol. The third kappa shape index (κ3) is 2.68. The van der Waals surface area contributed by atoms with Crippen LogP contribution in [0.25, 0.3) is 0 Å². The second-order valence-corrected chi connectivity index (χ2v) is 6.43. The van der Waals surface area contributed by atoms with Gasteiger partial charge in [-0.2, -0.15) is 0 Å². The Hall–Kier alpha value is -2.54. The summed E-state index contributed by atoms with van der Waals surface area (Å²) in [7, 11) is 0. The molecule has 0 radical (unpaired) electrons. The van der Waals surface area contributed by atoms with Crippen molar-refractivity contribution in [2.45, 2.75) is 38.8 Å². The highest BCUT2D eigenvalue weighted by Crippen LogP contribution is 2.58. The summed E-state index contributed by atoms with van der Waals surface area (Å²) >= 11 is 0. The first kappa shape index (κ1) is 19.2. The third-order valence-corrected chi connectivity index (χ3v) is 5.04. The van der Waals surface area contributed by atoms with Crippen LogP contribution >= 0.6 is 0 Å². The Morgan fingerprint density at radius 3 is 2.33 bits per heavy atom. The predicted octanol–water partition coefficient (Wildman–Crippen LogP) is 2.04. The van der Waals surface area contributed by atoms with Crippen LogP contribution in [0.5, 0.6) is 0 Å². The molecule has 1 fully saturated rings. The zero-order chi connectivity index (χ0) is 19.7. The van der Waals surface area contributed by atoms with Crippen molar-refractivity contribution < 1.29 is 28.6 Å². The second kappa shape index (κ2) is 7.23. The van der Waals surface area contributed by atoms with Gasteiger partial charge in [0.25, 0.3) is 0 Å². The van der Waals surface area contributed by atoms with E-state index in [0.29, 0.717) is 0 Å². The van der Waals surface area contributed by atoms with Crippen molar-refractivity contribution in [3.8, 4) is 0 Å². The lowest BCUT2D eigenvalue weighted by Crippen LogP contribution is -2.47. The number of esters is 2. The SMILES string of the molecule is CCOC(=O)C1=N[C@]2(OCC)C(=O)[C@@]1(C(=O)OCC)C[C@H]2c1ccccc1. The van der Waals surface area contributed by atoms with Gasteiger partial charge in [-0.25, -0.2) is 9.79 Å². The summed E-state index contributed by atoms with van der Waals surface area (Å²) in [6.07, 6.45) is 0.0618. The number of ether oxygens (including phenoxy) is 3. The molecule has 1 aromatic carbocycles. The van der Waals surface area contributed by atoms with E-state index in [1.165, 1.54) is 0 Å². The molecule has 1 aliphatic carbocycles. The van der Waals surface area contributed by atoms with E-state index in [1.54, 1.807) is 20.8 Å². The highest BCUT2D eigenvalue weighted by molar-refractivity contribution is 6.51. The topological polar surface area (TPSA) is 91.3 Å². The maximum atomic E-state index is 13.5. The van der Waals surface area contributed by atoms with Crippen LogP contribution in [0.1, 0.15) is 38.7 Å². The number of ketones is 1. The van der Waals surface area contributed by atoms with E-state index in [4.69, 9.17) is 14.2 Å². The second-order valence-electron chi connectivity index (χ2n) is 6.43. The van der Waals surface area contributed by atoms with Gasteiger partial charge in [-0.1, -0.05) is 30.3 Å². The Morgan fingerprint density at radius 1 is 1.07 bits per heavy atom. The minimum atomic E-state index is -1.79. The maximum Gasteiger partial charge on any atom is 0.354 e. The van der Waals surface area contributed by atoms with E-state index in [0.717, 1.165) is 5.56 Å². The van der Waals surface area contributed by atoms with Crippen molar-refractivity contribution in [2.24, 2.45) is 10.4 Å². The number of benzene rings is 1. The minimum Gasteiger partial charge on any atom is -0.465 e.